The highest BCUT2D eigenvalue weighted by Gasteiger charge is 2.13. The predicted molar refractivity (Wildman–Crippen MR) is 76.0 cm³/mol. The van der Waals surface area contributed by atoms with Crippen molar-refractivity contribution in [2.24, 2.45) is 0 Å². The van der Waals surface area contributed by atoms with Gasteiger partial charge in [0.15, 0.2) is 0 Å². The number of nitrogens with one attached hydrogen (secondary N) is 2. The van der Waals surface area contributed by atoms with Crippen LogP contribution < -0.4 is 10.1 Å². The zero-order valence-corrected chi connectivity index (χ0v) is 12.0. The normalized spacial score (nSPS) is 10.7. The Morgan fingerprint density at radius 2 is 2.15 bits per heavy atom. The lowest BCUT2D eigenvalue weighted by atomic mass is 10.2. The van der Waals surface area contributed by atoms with E-state index in [0.29, 0.717) is 17.1 Å². The minimum atomic E-state index is -0.214. The van der Waals surface area contributed by atoms with Crippen molar-refractivity contribution in [3.63, 3.8) is 0 Å². The number of hydrogen-bond donors (Lipinski definition) is 2. The molecule has 0 fully saturated rings. The van der Waals surface area contributed by atoms with E-state index in [4.69, 9.17) is 4.74 Å². The molecule has 0 aliphatic rings. The first-order chi connectivity index (χ1) is 9.47. The Morgan fingerprint density at radius 3 is 2.75 bits per heavy atom. The Labute approximate surface area is 117 Å². The minimum absolute atomic E-state index is 0.0131. The zero-order chi connectivity index (χ0) is 14.7. The summed E-state index contributed by atoms with van der Waals surface area (Å²) in [5, 5.41) is 9.71. The van der Waals surface area contributed by atoms with Crippen molar-refractivity contribution in [1.29, 1.82) is 0 Å². The van der Waals surface area contributed by atoms with Gasteiger partial charge in [-0.3, -0.25) is 9.89 Å². The minimum Gasteiger partial charge on any atom is -0.475 e. The van der Waals surface area contributed by atoms with Gasteiger partial charge in [0.05, 0.1) is 23.2 Å². The highest BCUT2D eigenvalue weighted by Crippen LogP contribution is 2.18. The first-order valence-electron chi connectivity index (χ1n) is 6.43. The molecule has 0 radical (unpaired) electrons. The van der Waals surface area contributed by atoms with E-state index in [1.54, 1.807) is 18.3 Å². The summed E-state index contributed by atoms with van der Waals surface area (Å²) in [6.07, 6.45) is 1.57. The molecule has 2 aromatic heterocycles. The first kappa shape index (κ1) is 14.0. The van der Waals surface area contributed by atoms with Crippen molar-refractivity contribution >= 4 is 11.6 Å². The predicted octanol–water partition coefficient (Wildman–Crippen LogP) is 2.46. The quantitative estimate of drug-likeness (QED) is 0.897. The molecule has 2 aromatic rings. The van der Waals surface area contributed by atoms with Crippen LogP contribution in [0.5, 0.6) is 5.88 Å². The van der Waals surface area contributed by atoms with Crippen LogP contribution in [0.15, 0.2) is 18.3 Å². The summed E-state index contributed by atoms with van der Waals surface area (Å²) < 4.78 is 5.48. The Morgan fingerprint density at radius 1 is 1.40 bits per heavy atom. The van der Waals surface area contributed by atoms with Crippen LogP contribution in [0.4, 0.5) is 5.69 Å². The number of hydrogen-bond acceptors (Lipinski definition) is 4. The monoisotopic (exact) mass is 274 g/mol. The van der Waals surface area contributed by atoms with Gasteiger partial charge >= 0.3 is 0 Å². The molecule has 6 heteroatoms. The van der Waals surface area contributed by atoms with Crippen LogP contribution in [0.3, 0.4) is 0 Å². The standard InChI is InChI=1S/C14H18N4O2/c1-8(2)20-12-7-11(5-6-15-12)14(19)16-13-9(3)17-18-10(13)4/h5-8H,1-4H3,(H,16,19)(H,17,18). The van der Waals surface area contributed by atoms with Gasteiger partial charge in [-0.2, -0.15) is 5.10 Å². The summed E-state index contributed by atoms with van der Waals surface area (Å²) in [6, 6.07) is 3.27. The molecule has 106 valence electrons. The molecule has 2 N–H and O–H groups in total. The molecule has 0 saturated heterocycles. The van der Waals surface area contributed by atoms with Gasteiger partial charge in [-0.05, 0) is 33.8 Å². The van der Waals surface area contributed by atoms with E-state index < -0.39 is 0 Å². The average Bonchev–Trinajstić information content (AvgIpc) is 2.70. The number of ether oxygens (including phenoxy) is 1. The van der Waals surface area contributed by atoms with Gasteiger partial charge in [-0.25, -0.2) is 4.98 Å². The summed E-state index contributed by atoms with van der Waals surface area (Å²) >= 11 is 0. The Hall–Kier alpha value is -2.37. The Bertz CT molecular complexity index is 600. The molecular weight excluding hydrogens is 256 g/mol. The van der Waals surface area contributed by atoms with Crippen LogP contribution in [-0.4, -0.2) is 27.2 Å². The number of nitrogens with zero attached hydrogens (tertiary/aromatic N) is 2. The molecule has 0 aromatic carbocycles. The van der Waals surface area contributed by atoms with E-state index in [2.05, 4.69) is 20.5 Å². The molecule has 2 heterocycles. The number of aromatic amines is 1. The van der Waals surface area contributed by atoms with Gasteiger partial charge in [0.2, 0.25) is 5.88 Å². The van der Waals surface area contributed by atoms with E-state index in [1.807, 2.05) is 27.7 Å². The van der Waals surface area contributed by atoms with Crippen molar-refractivity contribution in [3.05, 3.63) is 35.3 Å². The second-order valence-electron chi connectivity index (χ2n) is 4.81. The van der Waals surface area contributed by atoms with Crippen LogP contribution in [0.1, 0.15) is 35.6 Å². The second kappa shape index (κ2) is 5.73. The lowest BCUT2D eigenvalue weighted by Gasteiger charge is -2.10. The van der Waals surface area contributed by atoms with Crippen LogP contribution >= 0.6 is 0 Å². The van der Waals surface area contributed by atoms with Gasteiger partial charge in [-0.15, -0.1) is 0 Å². The van der Waals surface area contributed by atoms with Gasteiger partial charge in [-0.1, -0.05) is 0 Å². The summed E-state index contributed by atoms with van der Waals surface area (Å²) in [5.41, 5.74) is 2.78. The highest BCUT2D eigenvalue weighted by molar-refractivity contribution is 6.04. The molecule has 20 heavy (non-hydrogen) atoms. The maximum Gasteiger partial charge on any atom is 0.256 e. The van der Waals surface area contributed by atoms with E-state index in [1.165, 1.54) is 0 Å². The van der Waals surface area contributed by atoms with Gasteiger partial charge in [0.25, 0.3) is 5.91 Å². The molecule has 0 aliphatic carbocycles. The van der Waals surface area contributed by atoms with E-state index >= 15 is 0 Å². The molecule has 1 amide bonds. The highest BCUT2D eigenvalue weighted by atomic mass is 16.5. The fourth-order valence-corrected chi connectivity index (χ4v) is 1.78. The Kier molecular flexibility index (Phi) is 4.02. The SMILES string of the molecule is Cc1n[nH]c(C)c1NC(=O)c1ccnc(OC(C)C)c1. The number of aromatic nitrogens is 3. The average molecular weight is 274 g/mol. The molecule has 0 saturated carbocycles. The van der Waals surface area contributed by atoms with Gasteiger partial charge in [0.1, 0.15) is 0 Å². The van der Waals surface area contributed by atoms with E-state index in [0.717, 1.165) is 11.4 Å². The maximum absolute atomic E-state index is 12.2. The molecule has 0 atom stereocenters. The molecule has 0 aliphatic heterocycles. The summed E-state index contributed by atoms with van der Waals surface area (Å²) in [5.74, 6) is 0.224. The number of carbonyl (C=O) groups excluding carboxylic acids is 1. The van der Waals surface area contributed by atoms with E-state index in [9.17, 15) is 4.79 Å². The third-order valence-corrected chi connectivity index (χ3v) is 2.72. The summed E-state index contributed by atoms with van der Waals surface area (Å²) in [7, 11) is 0. The molecule has 0 spiro atoms. The number of pyridine rings is 1. The largest absolute Gasteiger partial charge is 0.475 e. The molecule has 0 bridgehead atoms. The number of carbonyl (C=O) groups is 1. The molecule has 2 rings (SSSR count). The van der Waals surface area contributed by atoms with E-state index in [-0.39, 0.29) is 12.0 Å². The lowest BCUT2D eigenvalue weighted by molar-refractivity contribution is 0.102. The first-order valence-corrected chi connectivity index (χ1v) is 6.43. The number of aryl methyl sites for hydroxylation is 2. The van der Waals surface area contributed by atoms with Gasteiger partial charge < -0.3 is 10.1 Å². The van der Waals surface area contributed by atoms with Crippen molar-refractivity contribution < 1.29 is 9.53 Å². The topological polar surface area (TPSA) is 79.9 Å². The van der Waals surface area contributed by atoms with Crippen molar-refractivity contribution in [2.45, 2.75) is 33.8 Å². The second-order valence-corrected chi connectivity index (χ2v) is 4.81. The maximum atomic E-state index is 12.2. The van der Waals surface area contributed by atoms with Crippen LogP contribution in [-0.2, 0) is 0 Å². The van der Waals surface area contributed by atoms with Crippen molar-refractivity contribution in [2.75, 3.05) is 5.32 Å². The van der Waals surface area contributed by atoms with Crippen LogP contribution in [0, 0.1) is 13.8 Å². The number of rotatable bonds is 4. The number of H-pyrrole nitrogens is 1. The lowest BCUT2D eigenvalue weighted by Crippen LogP contribution is -2.14. The molecule has 0 unspecified atom stereocenters. The fourth-order valence-electron chi connectivity index (χ4n) is 1.78. The van der Waals surface area contributed by atoms with Gasteiger partial charge in [0, 0.05) is 17.8 Å². The molecular formula is C14H18N4O2. The fraction of sp³-hybridized carbons (Fsp3) is 0.357. The smallest absolute Gasteiger partial charge is 0.256 e. The number of anilines is 1. The third kappa shape index (κ3) is 3.14. The Balaban J connectivity index is 2.17. The van der Waals surface area contributed by atoms with Crippen molar-refractivity contribution in [3.8, 4) is 5.88 Å². The zero-order valence-electron chi connectivity index (χ0n) is 12.0. The van der Waals surface area contributed by atoms with Crippen LogP contribution in [0.2, 0.25) is 0 Å². The summed E-state index contributed by atoms with van der Waals surface area (Å²) in [6.45, 7) is 7.51. The van der Waals surface area contributed by atoms with Crippen molar-refractivity contribution in [1.82, 2.24) is 15.2 Å². The summed E-state index contributed by atoms with van der Waals surface area (Å²) in [4.78, 5) is 16.3. The molecule has 6 nitrogen and oxygen atoms in total. The van der Waals surface area contributed by atoms with Crippen LogP contribution in [0.25, 0.3) is 0 Å². The third-order valence-electron chi connectivity index (χ3n) is 2.72. The number of amides is 1.